The fourth-order valence-corrected chi connectivity index (χ4v) is 2.32. The molecular weight excluding hydrogens is 350 g/mol. The number of hydrogen-bond donors (Lipinski definition) is 2. The first-order valence-electron chi connectivity index (χ1n) is 8.35. The highest BCUT2D eigenvalue weighted by molar-refractivity contribution is 6.05. The van der Waals surface area contributed by atoms with E-state index in [1.165, 1.54) is 32.5 Å². The molecule has 0 saturated heterocycles. The molecule has 1 aromatic carbocycles. The van der Waals surface area contributed by atoms with Gasteiger partial charge in [-0.1, -0.05) is 0 Å². The minimum atomic E-state index is -0.363. The lowest BCUT2D eigenvalue weighted by Crippen LogP contribution is -2.26. The van der Waals surface area contributed by atoms with Crippen LogP contribution in [0.2, 0.25) is 0 Å². The standard InChI is InChI=1S/C19H23N3O5/c1-25-10-4-8-21-19(24)15-11-13(7-9-20-15)18(23)22-14-5-6-16(26-2)17(12-14)27-3/h5-7,9,11-12H,4,8,10H2,1-3H3,(H,21,24)(H,22,23). The Labute approximate surface area is 157 Å². The van der Waals surface area contributed by atoms with Crippen LogP contribution in [-0.4, -0.2) is 51.3 Å². The van der Waals surface area contributed by atoms with Gasteiger partial charge in [0.25, 0.3) is 11.8 Å². The Bertz CT molecular complexity index is 795. The van der Waals surface area contributed by atoms with E-state index in [4.69, 9.17) is 14.2 Å². The number of nitrogens with one attached hydrogen (secondary N) is 2. The van der Waals surface area contributed by atoms with E-state index in [0.717, 1.165) is 0 Å². The number of anilines is 1. The molecule has 2 amide bonds. The molecule has 2 N–H and O–H groups in total. The van der Waals surface area contributed by atoms with Gasteiger partial charge >= 0.3 is 0 Å². The molecular formula is C19H23N3O5. The smallest absolute Gasteiger partial charge is 0.269 e. The Hall–Kier alpha value is -3.13. The highest BCUT2D eigenvalue weighted by atomic mass is 16.5. The van der Waals surface area contributed by atoms with Crippen molar-refractivity contribution < 1.29 is 23.8 Å². The van der Waals surface area contributed by atoms with Crippen LogP contribution in [0, 0.1) is 0 Å². The molecule has 0 atom stereocenters. The second-order valence-corrected chi connectivity index (χ2v) is 5.56. The minimum absolute atomic E-state index is 0.173. The molecule has 2 aromatic rings. The number of pyridine rings is 1. The van der Waals surface area contributed by atoms with Crippen molar-refractivity contribution in [2.24, 2.45) is 0 Å². The summed E-state index contributed by atoms with van der Waals surface area (Å²) in [5.41, 5.74) is 1.04. The second kappa shape index (κ2) is 10.1. The summed E-state index contributed by atoms with van der Waals surface area (Å²) in [7, 11) is 4.66. The van der Waals surface area contributed by atoms with E-state index in [9.17, 15) is 9.59 Å². The fourth-order valence-electron chi connectivity index (χ4n) is 2.32. The fraction of sp³-hybridized carbons (Fsp3) is 0.316. The van der Waals surface area contributed by atoms with E-state index in [-0.39, 0.29) is 17.5 Å². The van der Waals surface area contributed by atoms with E-state index in [2.05, 4.69) is 15.6 Å². The lowest BCUT2D eigenvalue weighted by atomic mass is 10.2. The Morgan fingerprint density at radius 2 is 1.78 bits per heavy atom. The molecule has 0 aliphatic carbocycles. The molecule has 0 aliphatic heterocycles. The Morgan fingerprint density at radius 1 is 1.00 bits per heavy atom. The molecule has 8 nitrogen and oxygen atoms in total. The number of ether oxygens (including phenoxy) is 3. The number of hydrogen-bond acceptors (Lipinski definition) is 6. The van der Waals surface area contributed by atoms with Crippen LogP contribution in [0.4, 0.5) is 5.69 Å². The topological polar surface area (TPSA) is 98.8 Å². The van der Waals surface area contributed by atoms with Gasteiger partial charge in [0, 0.05) is 43.8 Å². The average Bonchev–Trinajstić information content (AvgIpc) is 2.71. The van der Waals surface area contributed by atoms with Crippen LogP contribution in [0.1, 0.15) is 27.3 Å². The molecule has 2 rings (SSSR count). The van der Waals surface area contributed by atoms with Crippen molar-refractivity contribution in [3.05, 3.63) is 47.8 Å². The minimum Gasteiger partial charge on any atom is -0.493 e. The normalized spacial score (nSPS) is 10.2. The van der Waals surface area contributed by atoms with Crippen LogP contribution in [0.15, 0.2) is 36.5 Å². The first kappa shape index (κ1) is 20.2. The third kappa shape index (κ3) is 5.68. The van der Waals surface area contributed by atoms with Gasteiger partial charge in [-0.25, -0.2) is 0 Å². The second-order valence-electron chi connectivity index (χ2n) is 5.56. The van der Waals surface area contributed by atoms with E-state index in [1.807, 2.05) is 0 Å². The SMILES string of the molecule is COCCCNC(=O)c1cc(C(=O)Nc2ccc(OC)c(OC)c2)ccn1. The molecule has 27 heavy (non-hydrogen) atoms. The largest absolute Gasteiger partial charge is 0.493 e. The summed E-state index contributed by atoms with van der Waals surface area (Å²) < 4.78 is 15.3. The zero-order chi connectivity index (χ0) is 19.6. The third-order valence-corrected chi connectivity index (χ3v) is 3.71. The van der Waals surface area contributed by atoms with E-state index in [0.29, 0.717) is 42.3 Å². The highest BCUT2D eigenvalue weighted by Crippen LogP contribution is 2.29. The van der Waals surface area contributed by atoms with Gasteiger partial charge in [0.05, 0.1) is 14.2 Å². The number of amides is 2. The van der Waals surface area contributed by atoms with Crippen molar-refractivity contribution >= 4 is 17.5 Å². The number of nitrogens with zero attached hydrogens (tertiary/aromatic N) is 1. The summed E-state index contributed by atoms with van der Waals surface area (Å²) in [6.07, 6.45) is 2.12. The van der Waals surface area contributed by atoms with Gasteiger partial charge in [0.15, 0.2) is 11.5 Å². The van der Waals surface area contributed by atoms with E-state index < -0.39 is 0 Å². The molecule has 8 heteroatoms. The monoisotopic (exact) mass is 373 g/mol. The average molecular weight is 373 g/mol. The van der Waals surface area contributed by atoms with Gasteiger partial charge < -0.3 is 24.8 Å². The maximum absolute atomic E-state index is 12.5. The molecule has 0 aliphatic rings. The van der Waals surface area contributed by atoms with Crippen LogP contribution in [0.3, 0.4) is 0 Å². The number of carbonyl (C=O) groups is 2. The number of aromatic nitrogens is 1. The quantitative estimate of drug-likeness (QED) is 0.653. The molecule has 1 heterocycles. The highest BCUT2D eigenvalue weighted by Gasteiger charge is 2.13. The predicted molar refractivity (Wildman–Crippen MR) is 101 cm³/mol. The molecule has 1 aromatic heterocycles. The van der Waals surface area contributed by atoms with Gasteiger partial charge in [-0.15, -0.1) is 0 Å². The zero-order valence-corrected chi connectivity index (χ0v) is 15.6. The van der Waals surface area contributed by atoms with Crippen molar-refractivity contribution in [2.75, 3.05) is 39.8 Å². The molecule has 0 radical (unpaired) electrons. The summed E-state index contributed by atoms with van der Waals surface area (Å²) in [5, 5.41) is 5.49. The van der Waals surface area contributed by atoms with Gasteiger partial charge in [-0.2, -0.15) is 0 Å². The first-order chi connectivity index (χ1) is 13.1. The van der Waals surface area contributed by atoms with Gasteiger partial charge in [-0.05, 0) is 30.7 Å². The first-order valence-corrected chi connectivity index (χ1v) is 8.35. The maximum atomic E-state index is 12.5. The van der Waals surface area contributed by atoms with Gasteiger partial charge in [0.1, 0.15) is 5.69 Å². The lowest BCUT2D eigenvalue weighted by molar-refractivity contribution is 0.0943. The molecule has 144 valence electrons. The van der Waals surface area contributed by atoms with Crippen LogP contribution < -0.4 is 20.1 Å². The zero-order valence-electron chi connectivity index (χ0n) is 15.6. The summed E-state index contributed by atoms with van der Waals surface area (Å²) in [4.78, 5) is 28.6. The van der Waals surface area contributed by atoms with E-state index in [1.54, 1.807) is 25.3 Å². The van der Waals surface area contributed by atoms with E-state index >= 15 is 0 Å². The molecule has 0 saturated carbocycles. The van der Waals surface area contributed by atoms with Crippen molar-refractivity contribution in [1.29, 1.82) is 0 Å². The predicted octanol–water partition coefficient (Wildman–Crippen LogP) is 2.12. The molecule has 0 fully saturated rings. The van der Waals surface area contributed by atoms with Crippen molar-refractivity contribution in [3.63, 3.8) is 0 Å². The Morgan fingerprint density at radius 3 is 2.48 bits per heavy atom. The van der Waals surface area contributed by atoms with Crippen LogP contribution >= 0.6 is 0 Å². The third-order valence-electron chi connectivity index (χ3n) is 3.71. The molecule has 0 spiro atoms. The number of carbonyl (C=O) groups excluding carboxylic acids is 2. The number of methoxy groups -OCH3 is 3. The Kier molecular flexibility index (Phi) is 7.57. The molecule has 0 bridgehead atoms. The van der Waals surface area contributed by atoms with Crippen molar-refractivity contribution in [3.8, 4) is 11.5 Å². The van der Waals surface area contributed by atoms with Crippen LogP contribution in [0.5, 0.6) is 11.5 Å². The lowest BCUT2D eigenvalue weighted by Gasteiger charge is -2.11. The van der Waals surface area contributed by atoms with Crippen LogP contribution in [-0.2, 0) is 4.74 Å². The summed E-state index contributed by atoms with van der Waals surface area (Å²) >= 11 is 0. The number of rotatable bonds is 9. The van der Waals surface area contributed by atoms with Crippen LogP contribution in [0.25, 0.3) is 0 Å². The summed E-state index contributed by atoms with van der Waals surface area (Å²) in [6.45, 7) is 1.03. The number of benzene rings is 1. The van der Waals surface area contributed by atoms with Gasteiger partial charge in [-0.3, -0.25) is 14.6 Å². The molecule has 0 unspecified atom stereocenters. The summed E-state index contributed by atoms with van der Waals surface area (Å²) in [5.74, 6) is 0.359. The summed E-state index contributed by atoms with van der Waals surface area (Å²) in [6, 6.07) is 8.03. The Balaban J connectivity index is 2.05. The van der Waals surface area contributed by atoms with Gasteiger partial charge in [0.2, 0.25) is 0 Å². The maximum Gasteiger partial charge on any atom is 0.269 e. The van der Waals surface area contributed by atoms with Crippen molar-refractivity contribution in [2.45, 2.75) is 6.42 Å². The van der Waals surface area contributed by atoms with Crippen molar-refractivity contribution in [1.82, 2.24) is 10.3 Å².